The standard InChI is InChI=1S/C16H26N2O2/c1-3-5-12-17(13-6-4-2)14-16(18(19)20)15-10-8-7-9-11-15/h7-11,16H,3-6,12-14H2,1-2H3. The Balaban J connectivity index is 2.72. The highest BCUT2D eigenvalue weighted by molar-refractivity contribution is 5.17. The molecule has 0 N–H and O–H groups in total. The van der Waals surface area contributed by atoms with Gasteiger partial charge in [-0.15, -0.1) is 0 Å². The third-order valence-electron chi connectivity index (χ3n) is 3.53. The molecule has 0 aliphatic heterocycles. The Hall–Kier alpha value is -1.42. The maximum atomic E-state index is 11.4. The minimum atomic E-state index is -0.620. The van der Waals surface area contributed by atoms with Gasteiger partial charge < -0.3 is 0 Å². The van der Waals surface area contributed by atoms with E-state index in [1.165, 1.54) is 0 Å². The van der Waals surface area contributed by atoms with Crippen LogP contribution >= 0.6 is 0 Å². The summed E-state index contributed by atoms with van der Waals surface area (Å²) in [5, 5.41) is 11.4. The number of benzene rings is 1. The van der Waals surface area contributed by atoms with Crippen LogP contribution in [0.1, 0.15) is 51.1 Å². The van der Waals surface area contributed by atoms with E-state index in [1.807, 2.05) is 30.3 Å². The van der Waals surface area contributed by atoms with E-state index < -0.39 is 6.04 Å². The van der Waals surface area contributed by atoms with E-state index in [4.69, 9.17) is 0 Å². The molecule has 0 spiro atoms. The molecule has 0 saturated carbocycles. The fraction of sp³-hybridized carbons (Fsp3) is 0.625. The molecular formula is C16H26N2O2. The molecule has 0 fully saturated rings. The molecule has 0 bridgehead atoms. The van der Waals surface area contributed by atoms with Crippen LogP contribution in [0, 0.1) is 10.1 Å². The lowest BCUT2D eigenvalue weighted by atomic mass is 10.1. The van der Waals surface area contributed by atoms with Gasteiger partial charge in [-0.05, 0) is 25.9 Å². The van der Waals surface area contributed by atoms with Gasteiger partial charge in [0.15, 0.2) is 0 Å². The third-order valence-corrected chi connectivity index (χ3v) is 3.53. The molecule has 20 heavy (non-hydrogen) atoms. The molecule has 0 aliphatic carbocycles. The van der Waals surface area contributed by atoms with Crippen molar-refractivity contribution in [3.05, 3.63) is 46.0 Å². The van der Waals surface area contributed by atoms with E-state index >= 15 is 0 Å². The summed E-state index contributed by atoms with van der Waals surface area (Å²) in [6.07, 6.45) is 4.44. The van der Waals surface area contributed by atoms with Crippen molar-refractivity contribution in [2.24, 2.45) is 0 Å². The smallest absolute Gasteiger partial charge is 0.250 e. The van der Waals surface area contributed by atoms with E-state index in [0.717, 1.165) is 44.3 Å². The Morgan fingerprint density at radius 1 is 1.10 bits per heavy atom. The molecule has 1 aromatic rings. The molecule has 1 rings (SSSR count). The number of nitro groups is 1. The van der Waals surface area contributed by atoms with Crippen molar-refractivity contribution in [3.63, 3.8) is 0 Å². The minimum absolute atomic E-state index is 0.153. The summed E-state index contributed by atoms with van der Waals surface area (Å²) in [6.45, 7) is 6.72. The number of hydrogen-bond acceptors (Lipinski definition) is 3. The molecule has 1 aromatic carbocycles. The topological polar surface area (TPSA) is 46.4 Å². The normalized spacial score (nSPS) is 12.6. The maximum absolute atomic E-state index is 11.4. The Bertz CT molecular complexity index is 373. The Morgan fingerprint density at radius 3 is 2.10 bits per heavy atom. The lowest BCUT2D eigenvalue weighted by Crippen LogP contribution is -2.33. The summed E-state index contributed by atoms with van der Waals surface area (Å²) < 4.78 is 0. The van der Waals surface area contributed by atoms with Crippen molar-refractivity contribution >= 4 is 0 Å². The van der Waals surface area contributed by atoms with Crippen molar-refractivity contribution in [2.45, 2.75) is 45.6 Å². The first kappa shape index (κ1) is 16.6. The van der Waals surface area contributed by atoms with Crippen LogP contribution in [0.25, 0.3) is 0 Å². The fourth-order valence-electron chi connectivity index (χ4n) is 2.27. The minimum Gasteiger partial charge on any atom is -0.296 e. The summed E-state index contributed by atoms with van der Waals surface area (Å²) in [5.74, 6) is 0. The van der Waals surface area contributed by atoms with Gasteiger partial charge in [0, 0.05) is 10.5 Å². The molecule has 1 atom stereocenters. The highest BCUT2D eigenvalue weighted by Crippen LogP contribution is 2.18. The first-order valence-corrected chi connectivity index (χ1v) is 7.59. The number of rotatable bonds is 10. The first-order chi connectivity index (χ1) is 9.69. The van der Waals surface area contributed by atoms with Crippen LogP contribution in [0.5, 0.6) is 0 Å². The van der Waals surface area contributed by atoms with Crippen molar-refractivity contribution in [1.82, 2.24) is 4.90 Å². The van der Waals surface area contributed by atoms with Crippen LogP contribution in [0.3, 0.4) is 0 Å². The van der Waals surface area contributed by atoms with Crippen molar-refractivity contribution in [3.8, 4) is 0 Å². The van der Waals surface area contributed by atoms with Crippen LogP contribution in [-0.2, 0) is 0 Å². The molecule has 0 amide bonds. The summed E-state index contributed by atoms with van der Waals surface area (Å²) in [4.78, 5) is 13.5. The van der Waals surface area contributed by atoms with Crippen LogP contribution in [0.15, 0.2) is 30.3 Å². The Morgan fingerprint density at radius 2 is 1.65 bits per heavy atom. The fourth-order valence-corrected chi connectivity index (χ4v) is 2.27. The second-order valence-corrected chi connectivity index (χ2v) is 5.22. The Labute approximate surface area is 121 Å². The van der Waals surface area contributed by atoms with Crippen LogP contribution in [-0.4, -0.2) is 29.5 Å². The summed E-state index contributed by atoms with van der Waals surface area (Å²) in [6, 6.07) is 8.72. The zero-order valence-corrected chi connectivity index (χ0v) is 12.6. The quantitative estimate of drug-likeness (QED) is 0.481. The van der Waals surface area contributed by atoms with Crippen LogP contribution in [0.2, 0.25) is 0 Å². The number of hydrogen-bond donors (Lipinski definition) is 0. The average Bonchev–Trinajstić information content (AvgIpc) is 2.47. The second kappa shape index (κ2) is 9.48. The SMILES string of the molecule is CCCCN(CCCC)CC(c1ccccc1)[N+](=O)[O-]. The van der Waals surface area contributed by atoms with Gasteiger partial charge in [-0.1, -0.05) is 57.0 Å². The lowest BCUT2D eigenvalue weighted by Gasteiger charge is -2.23. The molecule has 0 heterocycles. The Kier molecular flexibility index (Phi) is 7.88. The van der Waals surface area contributed by atoms with Crippen molar-refractivity contribution in [1.29, 1.82) is 0 Å². The largest absolute Gasteiger partial charge is 0.296 e. The summed E-state index contributed by atoms with van der Waals surface area (Å²) >= 11 is 0. The zero-order valence-electron chi connectivity index (χ0n) is 12.6. The van der Waals surface area contributed by atoms with E-state index in [-0.39, 0.29) is 4.92 Å². The second-order valence-electron chi connectivity index (χ2n) is 5.22. The molecular weight excluding hydrogens is 252 g/mol. The van der Waals surface area contributed by atoms with Gasteiger partial charge in [0.1, 0.15) is 0 Å². The van der Waals surface area contributed by atoms with Crippen LogP contribution in [0.4, 0.5) is 0 Å². The molecule has 0 saturated heterocycles. The molecule has 4 heteroatoms. The number of unbranched alkanes of at least 4 members (excludes halogenated alkanes) is 2. The van der Waals surface area contributed by atoms with Gasteiger partial charge in [0.2, 0.25) is 0 Å². The predicted molar refractivity (Wildman–Crippen MR) is 82.4 cm³/mol. The van der Waals surface area contributed by atoms with Crippen molar-refractivity contribution in [2.75, 3.05) is 19.6 Å². The van der Waals surface area contributed by atoms with Gasteiger partial charge in [-0.3, -0.25) is 15.0 Å². The number of nitrogens with zero attached hydrogens (tertiary/aromatic N) is 2. The summed E-state index contributed by atoms with van der Waals surface area (Å²) in [7, 11) is 0. The highest BCUT2D eigenvalue weighted by atomic mass is 16.6. The van der Waals surface area contributed by atoms with E-state index in [1.54, 1.807) is 0 Å². The molecule has 112 valence electrons. The molecule has 0 radical (unpaired) electrons. The van der Waals surface area contributed by atoms with E-state index in [2.05, 4.69) is 18.7 Å². The van der Waals surface area contributed by atoms with Gasteiger partial charge in [-0.25, -0.2) is 0 Å². The maximum Gasteiger partial charge on any atom is 0.250 e. The van der Waals surface area contributed by atoms with Gasteiger partial charge in [-0.2, -0.15) is 0 Å². The first-order valence-electron chi connectivity index (χ1n) is 7.59. The molecule has 4 nitrogen and oxygen atoms in total. The van der Waals surface area contributed by atoms with Gasteiger partial charge in [0.05, 0.1) is 6.54 Å². The van der Waals surface area contributed by atoms with E-state index in [0.29, 0.717) is 6.54 Å². The van der Waals surface area contributed by atoms with Crippen molar-refractivity contribution < 1.29 is 4.92 Å². The summed E-state index contributed by atoms with van der Waals surface area (Å²) in [5.41, 5.74) is 0.801. The monoisotopic (exact) mass is 278 g/mol. The molecule has 0 aromatic heterocycles. The molecule has 0 aliphatic rings. The zero-order chi connectivity index (χ0) is 14.8. The van der Waals surface area contributed by atoms with Crippen LogP contribution < -0.4 is 0 Å². The third kappa shape index (κ3) is 5.70. The average molecular weight is 278 g/mol. The van der Waals surface area contributed by atoms with Gasteiger partial charge in [0.25, 0.3) is 6.04 Å². The predicted octanol–water partition coefficient (Wildman–Crippen LogP) is 3.91. The highest BCUT2D eigenvalue weighted by Gasteiger charge is 2.25. The van der Waals surface area contributed by atoms with Gasteiger partial charge >= 0.3 is 0 Å². The molecule has 1 unspecified atom stereocenters. The lowest BCUT2D eigenvalue weighted by molar-refractivity contribution is -0.529. The van der Waals surface area contributed by atoms with E-state index in [9.17, 15) is 10.1 Å².